The summed E-state index contributed by atoms with van der Waals surface area (Å²) in [7, 11) is 1.62. The van der Waals surface area contributed by atoms with Crippen LogP contribution in [0, 0.1) is 0 Å². The van der Waals surface area contributed by atoms with Crippen LogP contribution in [0.3, 0.4) is 0 Å². The van der Waals surface area contributed by atoms with E-state index in [0.717, 1.165) is 35.0 Å². The Morgan fingerprint density at radius 1 is 1.21 bits per heavy atom. The maximum atomic E-state index is 13.1. The Bertz CT molecular complexity index is 988. The number of likely N-dealkylation sites (tertiary alicyclic amines) is 1. The summed E-state index contributed by atoms with van der Waals surface area (Å²) in [5, 5.41) is 4.13. The molecule has 1 aliphatic rings. The molecule has 6 nitrogen and oxygen atoms in total. The standard InChI is InChI=1S/C21H20BrN3O3/c1-27-17-9-5-6-14(13-17)19-23-20(28-24-19)18-10-2-3-11-25(18)21(26)15-7-4-8-16(22)12-15/h4-9,12-13,18H,2-3,10-11H2,1H3. The van der Waals surface area contributed by atoms with Gasteiger partial charge in [-0.15, -0.1) is 0 Å². The lowest BCUT2D eigenvalue weighted by Crippen LogP contribution is -2.38. The van der Waals surface area contributed by atoms with Crippen molar-refractivity contribution < 1.29 is 14.1 Å². The van der Waals surface area contributed by atoms with Gasteiger partial charge in [0.15, 0.2) is 0 Å². The zero-order valence-corrected chi connectivity index (χ0v) is 17.1. The van der Waals surface area contributed by atoms with Crippen LogP contribution in [0.4, 0.5) is 0 Å². The Morgan fingerprint density at radius 3 is 2.89 bits per heavy atom. The molecule has 1 saturated heterocycles. The molecule has 7 heteroatoms. The Balaban J connectivity index is 1.61. The number of carbonyl (C=O) groups excluding carboxylic acids is 1. The van der Waals surface area contributed by atoms with E-state index in [-0.39, 0.29) is 11.9 Å². The molecule has 28 heavy (non-hydrogen) atoms. The van der Waals surface area contributed by atoms with E-state index < -0.39 is 0 Å². The van der Waals surface area contributed by atoms with E-state index >= 15 is 0 Å². The highest BCUT2D eigenvalue weighted by atomic mass is 79.9. The second kappa shape index (κ2) is 8.14. The summed E-state index contributed by atoms with van der Waals surface area (Å²) in [6.45, 7) is 0.673. The molecule has 0 N–H and O–H groups in total. The normalized spacial score (nSPS) is 16.8. The third kappa shape index (κ3) is 3.80. The van der Waals surface area contributed by atoms with Gasteiger partial charge in [-0.2, -0.15) is 4.98 Å². The van der Waals surface area contributed by atoms with Gasteiger partial charge in [0.2, 0.25) is 11.7 Å². The van der Waals surface area contributed by atoms with Crippen LogP contribution < -0.4 is 4.74 Å². The van der Waals surface area contributed by atoms with Crippen molar-refractivity contribution in [1.29, 1.82) is 0 Å². The quantitative estimate of drug-likeness (QED) is 0.577. The van der Waals surface area contributed by atoms with E-state index in [1.54, 1.807) is 7.11 Å². The average molecular weight is 442 g/mol. The average Bonchev–Trinajstić information content (AvgIpc) is 3.23. The summed E-state index contributed by atoms with van der Waals surface area (Å²) < 4.78 is 11.7. The molecule has 144 valence electrons. The van der Waals surface area contributed by atoms with Gasteiger partial charge in [0.25, 0.3) is 5.91 Å². The topological polar surface area (TPSA) is 68.5 Å². The zero-order chi connectivity index (χ0) is 19.5. The first-order valence-corrected chi connectivity index (χ1v) is 9.99. The lowest BCUT2D eigenvalue weighted by molar-refractivity contribution is 0.0561. The summed E-state index contributed by atoms with van der Waals surface area (Å²) in [6.07, 6.45) is 2.79. The van der Waals surface area contributed by atoms with Gasteiger partial charge in [-0.25, -0.2) is 0 Å². The molecule has 3 aromatic rings. The number of ether oxygens (including phenoxy) is 1. The second-order valence-electron chi connectivity index (χ2n) is 6.71. The van der Waals surface area contributed by atoms with Crippen molar-refractivity contribution in [3.8, 4) is 17.1 Å². The number of piperidine rings is 1. The van der Waals surface area contributed by atoms with Crippen molar-refractivity contribution in [1.82, 2.24) is 15.0 Å². The summed E-state index contributed by atoms with van der Waals surface area (Å²) in [5.74, 6) is 1.68. The zero-order valence-electron chi connectivity index (χ0n) is 15.5. The van der Waals surface area contributed by atoms with Crippen LogP contribution in [-0.4, -0.2) is 34.6 Å². The number of rotatable bonds is 4. The molecule has 1 atom stereocenters. The van der Waals surface area contributed by atoms with E-state index in [4.69, 9.17) is 9.26 Å². The number of hydrogen-bond donors (Lipinski definition) is 0. The molecule has 1 fully saturated rings. The summed E-state index contributed by atoms with van der Waals surface area (Å²) in [4.78, 5) is 19.5. The van der Waals surface area contributed by atoms with Crippen molar-refractivity contribution in [2.75, 3.05) is 13.7 Å². The number of benzene rings is 2. The molecule has 1 aliphatic heterocycles. The second-order valence-corrected chi connectivity index (χ2v) is 7.62. The Morgan fingerprint density at radius 2 is 2.07 bits per heavy atom. The minimum absolute atomic E-state index is 0.0212. The molecule has 2 aromatic carbocycles. The molecule has 0 aliphatic carbocycles. The lowest BCUT2D eigenvalue weighted by Gasteiger charge is -2.33. The number of nitrogens with zero attached hydrogens (tertiary/aromatic N) is 3. The maximum Gasteiger partial charge on any atom is 0.254 e. The van der Waals surface area contributed by atoms with Crippen LogP contribution in [0.25, 0.3) is 11.4 Å². The fourth-order valence-corrected chi connectivity index (χ4v) is 3.87. The summed E-state index contributed by atoms with van der Waals surface area (Å²) >= 11 is 3.43. The summed E-state index contributed by atoms with van der Waals surface area (Å²) in [5.41, 5.74) is 1.46. The van der Waals surface area contributed by atoms with Crippen LogP contribution in [0.15, 0.2) is 57.5 Å². The summed E-state index contributed by atoms with van der Waals surface area (Å²) in [6, 6.07) is 14.7. The Kier molecular flexibility index (Phi) is 5.43. The highest BCUT2D eigenvalue weighted by Crippen LogP contribution is 2.33. The number of amides is 1. The number of carbonyl (C=O) groups is 1. The van der Waals surface area contributed by atoms with Crippen LogP contribution >= 0.6 is 15.9 Å². The third-order valence-electron chi connectivity index (χ3n) is 4.89. The van der Waals surface area contributed by atoms with Gasteiger partial charge >= 0.3 is 0 Å². The minimum atomic E-state index is -0.216. The van der Waals surface area contributed by atoms with Gasteiger partial charge in [0, 0.05) is 22.1 Å². The predicted molar refractivity (Wildman–Crippen MR) is 108 cm³/mol. The highest BCUT2D eigenvalue weighted by Gasteiger charge is 2.32. The SMILES string of the molecule is COc1cccc(-c2noc(C3CCCCN3C(=O)c3cccc(Br)c3)n2)c1. The van der Waals surface area contributed by atoms with Crippen LogP contribution in [-0.2, 0) is 0 Å². The highest BCUT2D eigenvalue weighted by molar-refractivity contribution is 9.10. The van der Waals surface area contributed by atoms with E-state index in [1.807, 2.05) is 53.4 Å². The molecule has 0 radical (unpaired) electrons. The Hall–Kier alpha value is -2.67. The molecule has 0 saturated carbocycles. The number of hydrogen-bond acceptors (Lipinski definition) is 5. The minimum Gasteiger partial charge on any atom is -0.497 e. The molecule has 1 amide bonds. The Labute approximate surface area is 171 Å². The van der Waals surface area contributed by atoms with Gasteiger partial charge in [-0.1, -0.05) is 39.3 Å². The van der Waals surface area contributed by atoms with Gasteiger partial charge in [0.1, 0.15) is 11.8 Å². The largest absolute Gasteiger partial charge is 0.497 e. The first kappa shape index (κ1) is 18.7. The molecule has 0 spiro atoms. The van der Waals surface area contributed by atoms with E-state index in [2.05, 4.69) is 26.1 Å². The van der Waals surface area contributed by atoms with Gasteiger partial charge in [-0.3, -0.25) is 4.79 Å². The van der Waals surface area contributed by atoms with E-state index in [9.17, 15) is 4.79 Å². The van der Waals surface area contributed by atoms with Crippen molar-refractivity contribution in [2.24, 2.45) is 0 Å². The van der Waals surface area contributed by atoms with Gasteiger partial charge in [0.05, 0.1) is 7.11 Å². The van der Waals surface area contributed by atoms with Crippen molar-refractivity contribution >= 4 is 21.8 Å². The van der Waals surface area contributed by atoms with Gasteiger partial charge in [-0.05, 0) is 49.6 Å². The van der Waals surface area contributed by atoms with Gasteiger partial charge < -0.3 is 14.2 Å². The molecular weight excluding hydrogens is 422 g/mol. The van der Waals surface area contributed by atoms with E-state index in [0.29, 0.717) is 23.8 Å². The lowest BCUT2D eigenvalue weighted by atomic mass is 10.0. The number of halogens is 1. The maximum absolute atomic E-state index is 13.1. The fraction of sp³-hybridized carbons (Fsp3) is 0.286. The van der Waals surface area contributed by atoms with Crippen LogP contribution in [0.1, 0.15) is 41.6 Å². The predicted octanol–water partition coefficient (Wildman–Crippen LogP) is 4.88. The molecule has 1 unspecified atom stereocenters. The van der Waals surface area contributed by atoms with Crippen molar-refractivity contribution in [3.05, 3.63) is 64.5 Å². The van der Waals surface area contributed by atoms with Crippen LogP contribution in [0.5, 0.6) is 5.75 Å². The molecule has 4 rings (SSSR count). The smallest absolute Gasteiger partial charge is 0.254 e. The molecule has 0 bridgehead atoms. The molecular formula is C21H20BrN3O3. The number of aromatic nitrogens is 2. The van der Waals surface area contributed by atoms with Crippen molar-refractivity contribution in [3.63, 3.8) is 0 Å². The first-order valence-electron chi connectivity index (χ1n) is 9.20. The molecule has 2 heterocycles. The van der Waals surface area contributed by atoms with E-state index in [1.165, 1.54) is 0 Å². The molecule has 1 aromatic heterocycles. The van der Waals surface area contributed by atoms with Crippen LogP contribution in [0.2, 0.25) is 0 Å². The number of methoxy groups -OCH3 is 1. The fourth-order valence-electron chi connectivity index (χ4n) is 3.47. The third-order valence-corrected chi connectivity index (χ3v) is 5.38. The van der Waals surface area contributed by atoms with Crippen molar-refractivity contribution in [2.45, 2.75) is 25.3 Å². The monoisotopic (exact) mass is 441 g/mol. The first-order chi connectivity index (χ1) is 13.7.